The molecule has 3 aromatic rings. The lowest BCUT2D eigenvalue weighted by Gasteiger charge is -2.06. The van der Waals surface area contributed by atoms with Gasteiger partial charge in [-0.15, -0.1) is 0 Å². The summed E-state index contributed by atoms with van der Waals surface area (Å²) < 4.78 is 0.531. The SMILES string of the molecule is O=C(NN=Cc1cc(Br)c(O)c(Br)c1O)c1ccc2ccccc2c1. The van der Waals surface area contributed by atoms with Crippen molar-refractivity contribution in [3.8, 4) is 11.5 Å². The molecule has 25 heavy (non-hydrogen) atoms. The van der Waals surface area contributed by atoms with Crippen LogP contribution in [0.25, 0.3) is 10.8 Å². The minimum Gasteiger partial charge on any atom is -0.506 e. The minimum absolute atomic E-state index is 0.116. The number of nitrogens with zero attached hydrogens (tertiary/aromatic N) is 1. The van der Waals surface area contributed by atoms with Gasteiger partial charge in [0, 0.05) is 11.1 Å². The summed E-state index contributed by atoms with van der Waals surface area (Å²) in [6, 6.07) is 14.6. The molecular weight excluding hydrogens is 452 g/mol. The third-order valence-corrected chi connectivity index (χ3v) is 4.93. The van der Waals surface area contributed by atoms with Crippen LogP contribution in [0.5, 0.6) is 11.5 Å². The third kappa shape index (κ3) is 3.67. The van der Waals surface area contributed by atoms with Gasteiger partial charge in [0.25, 0.3) is 5.91 Å². The van der Waals surface area contributed by atoms with Crippen molar-refractivity contribution in [1.29, 1.82) is 0 Å². The summed E-state index contributed by atoms with van der Waals surface area (Å²) in [5.74, 6) is -0.655. The number of carbonyl (C=O) groups is 1. The number of nitrogens with one attached hydrogen (secondary N) is 1. The maximum atomic E-state index is 12.2. The van der Waals surface area contributed by atoms with E-state index in [9.17, 15) is 15.0 Å². The molecule has 7 heteroatoms. The van der Waals surface area contributed by atoms with Crippen LogP contribution in [0.4, 0.5) is 0 Å². The maximum absolute atomic E-state index is 12.2. The van der Waals surface area contributed by atoms with E-state index < -0.39 is 0 Å². The summed E-state index contributed by atoms with van der Waals surface area (Å²) >= 11 is 6.25. The number of carbonyl (C=O) groups excluding carboxylic acids is 1. The summed E-state index contributed by atoms with van der Waals surface area (Å²) in [7, 11) is 0. The van der Waals surface area contributed by atoms with Gasteiger partial charge in [0.15, 0.2) is 0 Å². The number of hydrazone groups is 1. The minimum atomic E-state index is -0.363. The number of halogens is 2. The molecule has 0 aromatic heterocycles. The number of benzene rings is 3. The zero-order valence-corrected chi connectivity index (χ0v) is 15.9. The molecule has 0 aliphatic heterocycles. The number of hydrogen-bond acceptors (Lipinski definition) is 4. The van der Waals surface area contributed by atoms with Crippen LogP contribution in [-0.4, -0.2) is 22.3 Å². The molecule has 0 bridgehead atoms. The maximum Gasteiger partial charge on any atom is 0.271 e. The van der Waals surface area contributed by atoms with Crippen LogP contribution in [0.15, 0.2) is 62.6 Å². The molecule has 0 fully saturated rings. The largest absolute Gasteiger partial charge is 0.506 e. The van der Waals surface area contributed by atoms with Crippen molar-refractivity contribution in [1.82, 2.24) is 5.43 Å². The fourth-order valence-corrected chi connectivity index (χ4v) is 3.42. The molecule has 1 amide bonds. The number of hydrogen-bond donors (Lipinski definition) is 3. The molecule has 0 aliphatic carbocycles. The smallest absolute Gasteiger partial charge is 0.271 e. The summed E-state index contributed by atoms with van der Waals surface area (Å²) in [6.45, 7) is 0. The lowest BCUT2D eigenvalue weighted by atomic mass is 10.1. The molecule has 3 aromatic carbocycles. The van der Waals surface area contributed by atoms with E-state index in [1.807, 2.05) is 30.3 Å². The van der Waals surface area contributed by atoms with Crippen LogP contribution in [0.3, 0.4) is 0 Å². The number of rotatable bonds is 3. The fourth-order valence-electron chi connectivity index (χ4n) is 2.27. The number of phenols is 2. The van der Waals surface area contributed by atoms with Gasteiger partial charge < -0.3 is 10.2 Å². The molecular formula is C18H12Br2N2O3. The molecule has 0 saturated carbocycles. The highest BCUT2D eigenvalue weighted by Crippen LogP contribution is 2.40. The molecule has 0 spiro atoms. The predicted molar refractivity (Wildman–Crippen MR) is 104 cm³/mol. The molecule has 0 saturated heterocycles. The van der Waals surface area contributed by atoms with Crippen molar-refractivity contribution in [3.63, 3.8) is 0 Å². The number of phenolic OH excluding ortho intramolecular Hbond substituents is 2. The van der Waals surface area contributed by atoms with Gasteiger partial charge in [-0.3, -0.25) is 4.79 Å². The monoisotopic (exact) mass is 462 g/mol. The van der Waals surface area contributed by atoms with E-state index in [1.165, 1.54) is 12.3 Å². The molecule has 0 atom stereocenters. The van der Waals surface area contributed by atoms with Crippen LogP contribution >= 0.6 is 31.9 Å². The van der Waals surface area contributed by atoms with E-state index in [-0.39, 0.29) is 21.9 Å². The summed E-state index contributed by atoms with van der Waals surface area (Å²) in [6.07, 6.45) is 1.29. The van der Waals surface area contributed by atoms with E-state index in [4.69, 9.17) is 0 Å². The number of fused-ring (bicyclic) bond motifs is 1. The summed E-state index contributed by atoms with van der Waals surface area (Å²) in [5.41, 5.74) is 3.23. The fraction of sp³-hybridized carbons (Fsp3) is 0. The lowest BCUT2D eigenvalue weighted by Crippen LogP contribution is -2.17. The van der Waals surface area contributed by atoms with Crippen molar-refractivity contribution >= 4 is 54.8 Å². The first-order valence-corrected chi connectivity index (χ1v) is 8.78. The van der Waals surface area contributed by atoms with E-state index in [2.05, 4.69) is 42.4 Å². The Morgan fingerprint density at radius 1 is 1.00 bits per heavy atom. The van der Waals surface area contributed by atoms with E-state index in [0.29, 0.717) is 15.6 Å². The Kier molecular flexibility index (Phi) is 5.06. The van der Waals surface area contributed by atoms with Gasteiger partial charge in [-0.1, -0.05) is 30.3 Å². The first-order chi connectivity index (χ1) is 12.0. The van der Waals surface area contributed by atoms with Crippen LogP contribution in [0.1, 0.15) is 15.9 Å². The Balaban J connectivity index is 1.78. The Morgan fingerprint density at radius 2 is 1.72 bits per heavy atom. The van der Waals surface area contributed by atoms with Crippen LogP contribution in [0.2, 0.25) is 0 Å². The van der Waals surface area contributed by atoms with E-state index in [1.54, 1.807) is 12.1 Å². The van der Waals surface area contributed by atoms with Gasteiger partial charge in [-0.25, -0.2) is 5.43 Å². The number of amides is 1. The van der Waals surface area contributed by atoms with Crippen molar-refractivity contribution in [3.05, 3.63) is 68.6 Å². The van der Waals surface area contributed by atoms with Crippen LogP contribution in [-0.2, 0) is 0 Å². The van der Waals surface area contributed by atoms with Gasteiger partial charge in [-0.05, 0) is 60.8 Å². The van der Waals surface area contributed by atoms with Crippen LogP contribution in [0, 0.1) is 0 Å². The second kappa shape index (κ2) is 7.25. The first-order valence-electron chi connectivity index (χ1n) is 7.19. The second-order valence-corrected chi connectivity index (χ2v) is 6.87. The van der Waals surface area contributed by atoms with Crippen molar-refractivity contribution in [2.45, 2.75) is 0 Å². The molecule has 0 radical (unpaired) electrons. The van der Waals surface area contributed by atoms with Crippen molar-refractivity contribution < 1.29 is 15.0 Å². The van der Waals surface area contributed by atoms with Gasteiger partial charge in [0.05, 0.1) is 10.7 Å². The highest BCUT2D eigenvalue weighted by Gasteiger charge is 2.13. The molecule has 0 aliphatic rings. The molecule has 0 unspecified atom stereocenters. The quantitative estimate of drug-likeness (QED) is 0.394. The number of aromatic hydroxyl groups is 2. The first kappa shape index (κ1) is 17.4. The zero-order chi connectivity index (χ0) is 18.0. The average molecular weight is 464 g/mol. The molecule has 3 N–H and O–H groups in total. The van der Waals surface area contributed by atoms with Gasteiger partial charge in [0.1, 0.15) is 16.0 Å². The van der Waals surface area contributed by atoms with E-state index in [0.717, 1.165) is 10.8 Å². The Labute approximate surface area is 160 Å². The van der Waals surface area contributed by atoms with Crippen LogP contribution < -0.4 is 5.43 Å². The summed E-state index contributed by atoms with van der Waals surface area (Å²) in [4.78, 5) is 12.2. The van der Waals surface area contributed by atoms with Gasteiger partial charge in [0.2, 0.25) is 0 Å². The standard InChI is InChI=1S/C18H12Br2N2O3/c19-14-8-13(16(23)15(20)17(14)24)9-21-22-18(25)12-6-5-10-3-1-2-4-11(10)7-12/h1-9,23-24H,(H,22,25). The highest BCUT2D eigenvalue weighted by molar-refractivity contribution is 9.11. The Bertz CT molecular complexity index is 1000. The third-order valence-electron chi connectivity index (χ3n) is 3.58. The van der Waals surface area contributed by atoms with Crippen molar-refractivity contribution in [2.75, 3.05) is 0 Å². The predicted octanol–water partition coefficient (Wildman–Crippen LogP) is 4.54. The molecule has 0 heterocycles. The Hall–Kier alpha value is -2.38. The molecule has 5 nitrogen and oxygen atoms in total. The van der Waals surface area contributed by atoms with Crippen molar-refractivity contribution in [2.24, 2.45) is 5.10 Å². The normalized spacial score (nSPS) is 11.1. The molecule has 3 rings (SSSR count). The van der Waals surface area contributed by atoms with Gasteiger partial charge >= 0.3 is 0 Å². The van der Waals surface area contributed by atoms with Gasteiger partial charge in [-0.2, -0.15) is 5.10 Å². The zero-order valence-electron chi connectivity index (χ0n) is 12.7. The second-order valence-electron chi connectivity index (χ2n) is 5.22. The lowest BCUT2D eigenvalue weighted by molar-refractivity contribution is 0.0955. The highest BCUT2D eigenvalue weighted by atomic mass is 79.9. The molecule has 126 valence electrons. The average Bonchev–Trinajstić information content (AvgIpc) is 2.63. The topological polar surface area (TPSA) is 81.9 Å². The van der Waals surface area contributed by atoms with E-state index >= 15 is 0 Å². The summed E-state index contributed by atoms with van der Waals surface area (Å²) in [5, 5.41) is 25.5. The Morgan fingerprint density at radius 3 is 2.48 bits per heavy atom.